The lowest BCUT2D eigenvalue weighted by molar-refractivity contribution is 0.0697. The molecule has 1 saturated heterocycles. The van der Waals surface area contributed by atoms with Gasteiger partial charge in [-0.25, -0.2) is 9.78 Å². The zero-order chi connectivity index (χ0) is 20.4. The highest BCUT2D eigenvalue weighted by molar-refractivity contribution is 5.88. The van der Waals surface area contributed by atoms with Crippen molar-refractivity contribution >= 4 is 11.8 Å². The summed E-state index contributed by atoms with van der Waals surface area (Å²) in [4.78, 5) is 24.9. The molecule has 3 aromatic rings. The number of benzene rings is 1. The number of aryl methyl sites for hydroxylation is 2. The molecular formula is C21H24N6O2. The summed E-state index contributed by atoms with van der Waals surface area (Å²) in [6, 6.07) is 6.78. The summed E-state index contributed by atoms with van der Waals surface area (Å²) in [6.45, 7) is 6.53. The lowest BCUT2D eigenvalue weighted by Gasteiger charge is -2.35. The average molecular weight is 392 g/mol. The maximum Gasteiger partial charge on any atom is 0.335 e. The number of aromatic carboxylic acids is 1. The minimum atomic E-state index is -0.934. The molecule has 0 radical (unpaired) electrons. The van der Waals surface area contributed by atoms with Crippen molar-refractivity contribution in [3.8, 4) is 11.3 Å². The molecule has 150 valence electrons. The third kappa shape index (κ3) is 4.12. The molecule has 0 unspecified atom stereocenters. The first-order valence-electron chi connectivity index (χ1n) is 9.62. The second-order valence-corrected chi connectivity index (χ2v) is 7.29. The van der Waals surface area contributed by atoms with Gasteiger partial charge in [-0.2, -0.15) is 5.10 Å². The van der Waals surface area contributed by atoms with Crippen LogP contribution >= 0.6 is 0 Å². The van der Waals surface area contributed by atoms with E-state index in [0.29, 0.717) is 0 Å². The van der Waals surface area contributed by atoms with Gasteiger partial charge in [-0.15, -0.1) is 0 Å². The second kappa shape index (κ2) is 8.00. The lowest BCUT2D eigenvalue weighted by Crippen LogP contribution is -2.46. The molecule has 0 aliphatic carbocycles. The molecule has 1 aliphatic rings. The van der Waals surface area contributed by atoms with Crippen molar-refractivity contribution in [1.82, 2.24) is 24.6 Å². The van der Waals surface area contributed by atoms with Crippen molar-refractivity contribution in [1.29, 1.82) is 0 Å². The van der Waals surface area contributed by atoms with E-state index >= 15 is 0 Å². The van der Waals surface area contributed by atoms with Crippen molar-refractivity contribution in [2.45, 2.75) is 13.5 Å². The Kier molecular flexibility index (Phi) is 5.26. The van der Waals surface area contributed by atoms with Crippen LogP contribution in [0.3, 0.4) is 0 Å². The molecule has 1 aliphatic heterocycles. The van der Waals surface area contributed by atoms with Crippen LogP contribution < -0.4 is 4.90 Å². The first-order chi connectivity index (χ1) is 14.0. The predicted octanol–water partition coefficient (Wildman–Crippen LogP) is 2.21. The summed E-state index contributed by atoms with van der Waals surface area (Å²) < 4.78 is 1.86. The quantitative estimate of drug-likeness (QED) is 0.712. The van der Waals surface area contributed by atoms with E-state index in [1.807, 2.05) is 18.7 Å². The highest BCUT2D eigenvalue weighted by Gasteiger charge is 2.22. The van der Waals surface area contributed by atoms with Crippen LogP contribution in [0.2, 0.25) is 0 Å². The normalized spacial score (nSPS) is 14.9. The zero-order valence-electron chi connectivity index (χ0n) is 16.6. The van der Waals surface area contributed by atoms with Crippen molar-refractivity contribution in [2.24, 2.45) is 7.05 Å². The van der Waals surface area contributed by atoms with Crippen molar-refractivity contribution in [3.05, 3.63) is 59.7 Å². The summed E-state index contributed by atoms with van der Waals surface area (Å²) >= 11 is 0. The van der Waals surface area contributed by atoms with E-state index in [1.165, 1.54) is 5.56 Å². The fraction of sp³-hybridized carbons (Fsp3) is 0.333. The highest BCUT2D eigenvalue weighted by atomic mass is 16.4. The SMILES string of the molecule is Cc1nn(C)cc1CN1CCN(c2nccnc2-c2ccc(C(=O)O)cc2)CC1. The summed E-state index contributed by atoms with van der Waals surface area (Å²) in [6.07, 6.45) is 5.46. The number of anilines is 1. The maximum atomic E-state index is 11.1. The Morgan fingerprint density at radius 2 is 1.76 bits per heavy atom. The Balaban J connectivity index is 1.47. The van der Waals surface area contributed by atoms with Crippen LogP contribution in [0.4, 0.5) is 5.82 Å². The number of carboxylic acids is 1. The summed E-state index contributed by atoms with van der Waals surface area (Å²) in [5, 5.41) is 13.5. The molecule has 0 saturated carbocycles. The Morgan fingerprint density at radius 3 is 2.38 bits per heavy atom. The van der Waals surface area contributed by atoms with Crippen LogP contribution in [-0.4, -0.2) is 61.9 Å². The van der Waals surface area contributed by atoms with E-state index in [4.69, 9.17) is 5.11 Å². The number of aromatic nitrogens is 4. The number of carbonyl (C=O) groups is 1. The first-order valence-corrected chi connectivity index (χ1v) is 9.62. The number of rotatable bonds is 5. The van der Waals surface area contributed by atoms with Gasteiger partial charge in [0.25, 0.3) is 0 Å². The van der Waals surface area contributed by atoms with Gasteiger partial charge in [-0.1, -0.05) is 12.1 Å². The van der Waals surface area contributed by atoms with Gasteiger partial charge in [-0.3, -0.25) is 14.6 Å². The molecule has 1 N–H and O–H groups in total. The van der Waals surface area contributed by atoms with E-state index < -0.39 is 5.97 Å². The number of hydrogen-bond donors (Lipinski definition) is 1. The smallest absolute Gasteiger partial charge is 0.335 e. The van der Waals surface area contributed by atoms with Crippen molar-refractivity contribution in [3.63, 3.8) is 0 Å². The molecule has 3 heterocycles. The minimum absolute atomic E-state index is 0.262. The molecule has 0 atom stereocenters. The molecule has 8 nitrogen and oxygen atoms in total. The first kappa shape index (κ1) is 19.1. The van der Waals surface area contributed by atoms with E-state index in [-0.39, 0.29) is 5.56 Å². The van der Waals surface area contributed by atoms with Crippen LogP contribution in [0.5, 0.6) is 0 Å². The predicted molar refractivity (Wildman–Crippen MR) is 110 cm³/mol. The fourth-order valence-corrected chi connectivity index (χ4v) is 3.70. The molecule has 2 aromatic heterocycles. The molecule has 0 amide bonds. The van der Waals surface area contributed by atoms with E-state index in [1.54, 1.807) is 36.7 Å². The molecule has 1 aromatic carbocycles. The summed E-state index contributed by atoms with van der Waals surface area (Å²) in [5.41, 5.74) is 4.25. The average Bonchev–Trinajstić information content (AvgIpc) is 3.05. The van der Waals surface area contributed by atoms with Crippen LogP contribution in [-0.2, 0) is 13.6 Å². The highest BCUT2D eigenvalue weighted by Crippen LogP contribution is 2.28. The maximum absolute atomic E-state index is 11.1. The second-order valence-electron chi connectivity index (χ2n) is 7.29. The lowest BCUT2D eigenvalue weighted by atomic mass is 10.1. The van der Waals surface area contributed by atoms with E-state index in [0.717, 1.165) is 55.5 Å². The van der Waals surface area contributed by atoms with E-state index in [2.05, 4.69) is 31.1 Å². The number of hydrogen-bond acceptors (Lipinski definition) is 6. The van der Waals surface area contributed by atoms with E-state index in [9.17, 15) is 4.79 Å². The third-order valence-corrected chi connectivity index (χ3v) is 5.27. The molecule has 1 fully saturated rings. The molecule has 8 heteroatoms. The van der Waals surface area contributed by atoms with Crippen LogP contribution in [0.25, 0.3) is 11.3 Å². The summed E-state index contributed by atoms with van der Waals surface area (Å²) in [5.74, 6) is -0.0938. The zero-order valence-corrected chi connectivity index (χ0v) is 16.6. The topological polar surface area (TPSA) is 87.4 Å². The van der Waals surface area contributed by atoms with Crippen molar-refractivity contribution < 1.29 is 9.90 Å². The third-order valence-electron chi connectivity index (χ3n) is 5.27. The Bertz CT molecular complexity index is 1010. The van der Waals surface area contributed by atoms with Crippen LogP contribution in [0, 0.1) is 6.92 Å². The molecule has 0 spiro atoms. The van der Waals surface area contributed by atoms with Gasteiger partial charge in [0.15, 0.2) is 5.82 Å². The van der Waals surface area contributed by atoms with Gasteiger partial charge in [0, 0.05) is 69.5 Å². The number of carboxylic acid groups (broad SMARTS) is 1. The number of piperazine rings is 1. The van der Waals surface area contributed by atoms with Crippen LogP contribution in [0.1, 0.15) is 21.6 Å². The standard InChI is InChI=1S/C21H24N6O2/c1-15-18(13-25(2)24-15)14-26-9-11-27(12-10-26)20-19(22-7-8-23-20)16-3-5-17(6-4-16)21(28)29/h3-8,13H,9-12,14H2,1-2H3,(H,28,29). The fourth-order valence-electron chi connectivity index (χ4n) is 3.70. The Morgan fingerprint density at radius 1 is 1.07 bits per heavy atom. The number of nitrogens with zero attached hydrogens (tertiary/aromatic N) is 6. The van der Waals surface area contributed by atoms with Gasteiger partial charge < -0.3 is 10.0 Å². The van der Waals surface area contributed by atoms with Gasteiger partial charge in [-0.05, 0) is 19.1 Å². The van der Waals surface area contributed by atoms with Crippen LogP contribution in [0.15, 0.2) is 42.9 Å². The van der Waals surface area contributed by atoms with Gasteiger partial charge in [0.1, 0.15) is 5.69 Å². The van der Waals surface area contributed by atoms with Gasteiger partial charge in [0.05, 0.1) is 11.3 Å². The summed E-state index contributed by atoms with van der Waals surface area (Å²) in [7, 11) is 1.95. The minimum Gasteiger partial charge on any atom is -0.478 e. The Hall–Kier alpha value is -3.26. The molecule has 4 rings (SSSR count). The Labute approximate surface area is 169 Å². The molecule has 29 heavy (non-hydrogen) atoms. The molecular weight excluding hydrogens is 368 g/mol. The van der Waals surface area contributed by atoms with Gasteiger partial charge in [0.2, 0.25) is 0 Å². The van der Waals surface area contributed by atoms with Crippen molar-refractivity contribution in [2.75, 3.05) is 31.1 Å². The molecule has 0 bridgehead atoms. The largest absolute Gasteiger partial charge is 0.478 e. The monoisotopic (exact) mass is 392 g/mol. The van der Waals surface area contributed by atoms with Gasteiger partial charge >= 0.3 is 5.97 Å².